The lowest BCUT2D eigenvalue weighted by molar-refractivity contribution is 0.0527. The second-order valence-corrected chi connectivity index (χ2v) is 7.47. The summed E-state index contributed by atoms with van der Waals surface area (Å²) in [6.07, 6.45) is 4.90. The lowest BCUT2D eigenvalue weighted by Gasteiger charge is -2.15. The number of carbonyl (C=O) groups is 1. The Morgan fingerprint density at radius 3 is 2.67 bits per heavy atom. The van der Waals surface area contributed by atoms with Gasteiger partial charge in [-0.15, -0.1) is 0 Å². The van der Waals surface area contributed by atoms with E-state index >= 15 is 0 Å². The first-order valence-corrected chi connectivity index (χ1v) is 10.2. The summed E-state index contributed by atoms with van der Waals surface area (Å²) >= 11 is 7.11. The zero-order valence-electron chi connectivity index (χ0n) is 13.9. The van der Waals surface area contributed by atoms with E-state index < -0.39 is 0 Å². The second-order valence-electron chi connectivity index (χ2n) is 6.06. The number of carbonyl (C=O) groups excluding carboxylic acids is 1. The molecule has 4 nitrogen and oxygen atoms in total. The number of halogens is 2. The molecule has 0 spiro atoms. The molecular weight excluding hydrogens is 438 g/mol. The quantitative estimate of drug-likeness (QED) is 0.448. The van der Waals surface area contributed by atoms with Gasteiger partial charge in [-0.05, 0) is 60.7 Å². The van der Waals surface area contributed by atoms with Crippen LogP contribution in [-0.4, -0.2) is 23.2 Å². The number of hydrogen-bond donors (Lipinski definition) is 0. The molecule has 0 unspecified atom stereocenters. The summed E-state index contributed by atoms with van der Waals surface area (Å²) < 4.78 is 14.4. The van der Waals surface area contributed by atoms with Crippen LogP contribution in [0.5, 0.6) is 5.75 Å². The van der Waals surface area contributed by atoms with Gasteiger partial charge in [0.2, 0.25) is 0 Å². The first-order valence-electron chi connectivity index (χ1n) is 8.27. The molecule has 1 aliphatic carbocycles. The van der Waals surface area contributed by atoms with Crippen molar-refractivity contribution in [3.63, 3.8) is 0 Å². The molecule has 0 amide bonds. The molecule has 0 N–H and O–H groups in total. The van der Waals surface area contributed by atoms with Gasteiger partial charge in [-0.3, -0.25) is 0 Å². The number of aryl methyl sites for hydroxylation is 1. The van der Waals surface area contributed by atoms with E-state index in [4.69, 9.17) is 9.47 Å². The summed E-state index contributed by atoms with van der Waals surface area (Å²) in [4.78, 5) is 12.5. The highest BCUT2D eigenvalue weighted by molar-refractivity contribution is 9.10. The van der Waals surface area contributed by atoms with Crippen molar-refractivity contribution < 1.29 is 14.3 Å². The van der Waals surface area contributed by atoms with Gasteiger partial charge in [-0.2, -0.15) is 0 Å². The van der Waals surface area contributed by atoms with Crippen LogP contribution in [-0.2, 0) is 17.1 Å². The van der Waals surface area contributed by atoms with Gasteiger partial charge >= 0.3 is 5.97 Å². The van der Waals surface area contributed by atoms with Gasteiger partial charge in [-0.25, -0.2) is 4.79 Å². The predicted octanol–water partition coefficient (Wildman–Crippen LogP) is 5.33. The van der Waals surface area contributed by atoms with E-state index in [1.54, 1.807) is 0 Å². The van der Waals surface area contributed by atoms with Crippen molar-refractivity contribution in [2.45, 2.75) is 44.0 Å². The molecule has 2 aromatic rings. The summed E-state index contributed by atoms with van der Waals surface area (Å²) in [5.74, 6) is 0.512. The predicted molar refractivity (Wildman–Crippen MR) is 102 cm³/mol. The number of alkyl halides is 1. The minimum absolute atomic E-state index is 0.268. The maximum atomic E-state index is 12.5. The molecular formula is C18H21Br2NO3. The standard InChI is InChI=1S/C18H21Br2NO3/c1-3-23-18(22)17-12-8-16(24-11-6-4-5-7-11)13(20)9-14(12)21(2)15(17)10-19/h8-9,11H,3-7,10H2,1-2H3. The van der Waals surface area contributed by atoms with Crippen molar-refractivity contribution in [1.82, 2.24) is 4.57 Å². The van der Waals surface area contributed by atoms with Gasteiger partial charge in [0.15, 0.2) is 0 Å². The van der Waals surface area contributed by atoms with E-state index in [1.165, 1.54) is 12.8 Å². The Kier molecular flexibility index (Phi) is 5.55. The fourth-order valence-electron chi connectivity index (χ4n) is 3.35. The third-order valence-corrected chi connectivity index (χ3v) is 5.73. The Labute approximate surface area is 158 Å². The average molecular weight is 459 g/mol. The maximum absolute atomic E-state index is 12.5. The largest absolute Gasteiger partial charge is 0.489 e. The number of fused-ring (bicyclic) bond motifs is 1. The molecule has 1 aromatic heterocycles. The molecule has 3 rings (SSSR count). The van der Waals surface area contributed by atoms with E-state index in [0.29, 0.717) is 17.5 Å². The van der Waals surface area contributed by atoms with Crippen LogP contribution in [0.4, 0.5) is 0 Å². The fourth-order valence-corrected chi connectivity index (χ4v) is 4.43. The monoisotopic (exact) mass is 457 g/mol. The number of benzene rings is 1. The third kappa shape index (κ3) is 3.23. The first kappa shape index (κ1) is 17.8. The molecule has 24 heavy (non-hydrogen) atoms. The summed E-state index contributed by atoms with van der Waals surface area (Å²) in [7, 11) is 1.96. The highest BCUT2D eigenvalue weighted by Crippen LogP contribution is 2.37. The van der Waals surface area contributed by atoms with Gasteiger partial charge in [0.1, 0.15) is 5.75 Å². The molecule has 1 aliphatic rings. The topological polar surface area (TPSA) is 40.5 Å². The molecule has 6 heteroatoms. The van der Waals surface area contributed by atoms with E-state index in [1.807, 2.05) is 30.7 Å². The molecule has 1 saturated carbocycles. The molecule has 0 aliphatic heterocycles. The van der Waals surface area contributed by atoms with Crippen molar-refractivity contribution in [2.75, 3.05) is 6.61 Å². The van der Waals surface area contributed by atoms with Crippen LogP contribution < -0.4 is 4.74 Å². The molecule has 1 heterocycles. The van der Waals surface area contributed by atoms with Gasteiger partial charge in [-0.1, -0.05) is 15.9 Å². The molecule has 1 aromatic carbocycles. The van der Waals surface area contributed by atoms with Gasteiger partial charge < -0.3 is 14.0 Å². The summed E-state index contributed by atoms with van der Waals surface area (Å²) in [6, 6.07) is 3.99. The highest BCUT2D eigenvalue weighted by Gasteiger charge is 2.24. The van der Waals surface area contributed by atoms with Crippen molar-refractivity contribution in [3.05, 3.63) is 27.9 Å². The van der Waals surface area contributed by atoms with Crippen molar-refractivity contribution in [2.24, 2.45) is 7.05 Å². The van der Waals surface area contributed by atoms with Crippen LogP contribution in [0.2, 0.25) is 0 Å². The minimum Gasteiger partial charge on any atom is -0.489 e. The Morgan fingerprint density at radius 2 is 2.04 bits per heavy atom. The molecule has 1 fully saturated rings. The number of hydrogen-bond acceptors (Lipinski definition) is 3. The van der Waals surface area contributed by atoms with E-state index in [0.717, 1.165) is 39.7 Å². The Bertz CT molecular complexity index is 763. The molecule has 0 saturated heterocycles. The smallest absolute Gasteiger partial charge is 0.340 e. The van der Waals surface area contributed by atoms with Crippen molar-refractivity contribution in [3.8, 4) is 5.75 Å². The number of esters is 1. The normalized spacial score (nSPS) is 15.2. The first-order chi connectivity index (χ1) is 11.6. The fraction of sp³-hybridized carbons (Fsp3) is 0.500. The van der Waals surface area contributed by atoms with Crippen LogP contribution in [0, 0.1) is 0 Å². The zero-order chi connectivity index (χ0) is 17.3. The van der Waals surface area contributed by atoms with Crippen LogP contribution in [0.15, 0.2) is 16.6 Å². The second kappa shape index (κ2) is 7.48. The number of aromatic nitrogens is 1. The number of ether oxygens (including phenoxy) is 2. The summed E-state index contributed by atoms with van der Waals surface area (Å²) in [5.41, 5.74) is 2.52. The molecule has 130 valence electrons. The summed E-state index contributed by atoms with van der Waals surface area (Å²) in [6.45, 7) is 2.18. The average Bonchev–Trinajstić information content (AvgIpc) is 3.15. The lowest BCUT2D eigenvalue weighted by Crippen LogP contribution is -2.11. The van der Waals surface area contributed by atoms with E-state index in [9.17, 15) is 4.79 Å². The Morgan fingerprint density at radius 1 is 1.33 bits per heavy atom. The minimum atomic E-state index is -0.285. The maximum Gasteiger partial charge on any atom is 0.340 e. The highest BCUT2D eigenvalue weighted by atomic mass is 79.9. The SMILES string of the molecule is CCOC(=O)c1c(CBr)n(C)c2cc(Br)c(OC3CCCC3)cc12. The van der Waals surface area contributed by atoms with Crippen LogP contribution in [0.3, 0.4) is 0 Å². The molecule has 0 atom stereocenters. The van der Waals surface area contributed by atoms with Crippen molar-refractivity contribution in [1.29, 1.82) is 0 Å². The molecule has 0 radical (unpaired) electrons. The lowest BCUT2D eigenvalue weighted by atomic mass is 10.1. The summed E-state index contributed by atoms with van der Waals surface area (Å²) in [5, 5.41) is 1.46. The number of rotatable bonds is 5. The molecule has 0 bridgehead atoms. The number of nitrogens with zero attached hydrogens (tertiary/aromatic N) is 1. The van der Waals surface area contributed by atoms with Gasteiger partial charge in [0, 0.05) is 23.5 Å². The van der Waals surface area contributed by atoms with Crippen LogP contribution in [0.25, 0.3) is 10.9 Å². The van der Waals surface area contributed by atoms with Crippen molar-refractivity contribution >= 4 is 48.7 Å². The van der Waals surface area contributed by atoms with Gasteiger partial charge in [0.05, 0.1) is 28.3 Å². The zero-order valence-corrected chi connectivity index (χ0v) is 17.1. The third-order valence-electron chi connectivity index (χ3n) is 4.58. The van der Waals surface area contributed by atoms with Crippen LogP contribution in [0.1, 0.15) is 48.7 Å². The van der Waals surface area contributed by atoms with Gasteiger partial charge in [0.25, 0.3) is 0 Å². The van der Waals surface area contributed by atoms with Crippen LogP contribution >= 0.6 is 31.9 Å². The van der Waals surface area contributed by atoms with E-state index in [-0.39, 0.29) is 12.1 Å². The Balaban J connectivity index is 2.11. The van der Waals surface area contributed by atoms with E-state index in [2.05, 4.69) is 31.9 Å². The Hall–Kier alpha value is -1.01.